The zero-order valence-corrected chi connectivity index (χ0v) is 11.1. The molecule has 0 bridgehead atoms. The van der Waals surface area contributed by atoms with Crippen LogP contribution in [-0.4, -0.2) is 19.1 Å². The maximum atomic E-state index is 13.5. The summed E-state index contributed by atoms with van der Waals surface area (Å²) in [6, 6.07) is 5.09. The fourth-order valence-electron chi connectivity index (χ4n) is 1.17. The van der Waals surface area contributed by atoms with Gasteiger partial charge in [-0.25, -0.2) is 4.39 Å². The van der Waals surface area contributed by atoms with Crippen molar-refractivity contribution in [3.8, 4) is 0 Å². The highest BCUT2D eigenvalue weighted by Gasteiger charge is 2.06. The molecule has 1 aromatic carbocycles. The van der Waals surface area contributed by atoms with Crippen LogP contribution in [0.4, 0.5) is 10.1 Å². The predicted molar refractivity (Wildman–Crippen MR) is 68.9 cm³/mol. The maximum Gasteiger partial charge on any atom is 0.307 e. The molecule has 0 aliphatic carbocycles. The normalized spacial score (nSPS) is 9.94. The maximum absolute atomic E-state index is 13.5. The van der Waals surface area contributed by atoms with Gasteiger partial charge in [0.2, 0.25) is 0 Å². The standard InChI is InChI=1S/C11H13FINO2/c1-2-16-10(15)6-7-14-9-5-3-4-8(13)11(9)12/h3-5,14H,2,6-7H2,1H3. The number of nitrogens with one attached hydrogen (secondary N) is 1. The van der Waals surface area contributed by atoms with E-state index in [-0.39, 0.29) is 18.2 Å². The Morgan fingerprint density at radius 1 is 1.56 bits per heavy atom. The first-order chi connectivity index (χ1) is 7.65. The number of esters is 1. The quantitative estimate of drug-likeness (QED) is 0.663. The van der Waals surface area contributed by atoms with E-state index in [2.05, 4.69) is 5.32 Å². The van der Waals surface area contributed by atoms with E-state index >= 15 is 0 Å². The highest BCUT2D eigenvalue weighted by atomic mass is 127. The van der Waals surface area contributed by atoms with Crippen molar-refractivity contribution in [3.05, 3.63) is 27.6 Å². The number of carbonyl (C=O) groups is 1. The van der Waals surface area contributed by atoms with Gasteiger partial charge in [0.15, 0.2) is 5.82 Å². The minimum atomic E-state index is -0.285. The van der Waals surface area contributed by atoms with Crippen LogP contribution < -0.4 is 5.32 Å². The number of hydrogen-bond acceptors (Lipinski definition) is 3. The second-order valence-electron chi connectivity index (χ2n) is 3.08. The third kappa shape index (κ3) is 3.96. The molecular weight excluding hydrogens is 324 g/mol. The SMILES string of the molecule is CCOC(=O)CCNc1cccc(I)c1F. The van der Waals surface area contributed by atoms with E-state index in [1.807, 2.05) is 22.6 Å². The highest BCUT2D eigenvalue weighted by Crippen LogP contribution is 2.19. The molecule has 0 saturated heterocycles. The first-order valence-electron chi connectivity index (χ1n) is 4.98. The van der Waals surface area contributed by atoms with E-state index in [1.165, 1.54) is 0 Å². The number of anilines is 1. The second-order valence-corrected chi connectivity index (χ2v) is 4.25. The van der Waals surface area contributed by atoms with Gasteiger partial charge in [-0.1, -0.05) is 6.07 Å². The summed E-state index contributed by atoms with van der Waals surface area (Å²) in [6.45, 7) is 2.50. The Morgan fingerprint density at radius 3 is 3.00 bits per heavy atom. The molecule has 0 amide bonds. The molecule has 16 heavy (non-hydrogen) atoms. The Balaban J connectivity index is 2.43. The third-order valence-electron chi connectivity index (χ3n) is 1.90. The molecule has 0 aromatic heterocycles. The molecule has 0 aliphatic rings. The Bertz CT molecular complexity index is 371. The van der Waals surface area contributed by atoms with Gasteiger partial charge >= 0.3 is 5.97 Å². The Morgan fingerprint density at radius 2 is 2.31 bits per heavy atom. The molecule has 5 heteroatoms. The lowest BCUT2D eigenvalue weighted by Crippen LogP contribution is -2.12. The van der Waals surface area contributed by atoms with Crippen LogP contribution in [0, 0.1) is 9.39 Å². The molecule has 0 spiro atoms. The summed E-state index contributed by atoms with van der Waals surface area (Å²) in [4.78, 5) is 11.0. The Labute approximate surface area is 108 Å². The summed E-state index contributed by atoms with van der Waals surface area (Å²) in [6.07, 6.45) is 0.235. The molecule has 0 saturated carbocycles. The minimum Gasteiger partial charge on any atom is -0.466 e. The number of halogens is 2. The largest absolute Gasteiger partial charge is 0.466 e. The van der Waals surface area contributed by atoms with E-state index in [4.69, 9.17) is 4.74 Å². The zero-order valence-electron chi connectivity index (χ0n) is 8.93. The van der Waals surface area contributed by atoms with Crippen LogP contribution in [-0.2, 0) is 9.53 Å². The lowest BCUT2D eigenvalue weighted by molar-refractivity contribution is -0.142. The number of rotatable bonds is 5. The fourth-order valence-corrected chi connectivity index (χ4v) is 1.67. The lowest BCUT2D eigenvalue weighted by Gasteiger charge is -2.07. The molecule has 0 atom stereocenters. The van der Waals surface area contributed by atoms with Crippen molar-refractivity contribution in [2.45, 2.75) is 13.3 Å². The second kappa shape index (κ2) is 6.67. The molecule has 0 unspecified atom stereocenters. The zero-order chi connectivity index (χ0) is 12.0. The van der Waals surface area contributed by atoms with E-state index in [0.29, 0.717) is 22.4 Å². The van der Waals surface area contributed by atoms with Crippen LogP contribution in [0.5, 0.6) is 0 Å². The van der Waals surface area contributed by atoms with Crippen LogP contribution >= 0.6 is 22.6 Å². The van der Waals surface area contributed by atoms with Crippen LogP contribution in [0.2, 0.25) is 0 Å². The lowest BCUT2D eigenvalue weighted by atomic mass is 10.3. The summed E-state index contributed by atoms with van der Waals surface area (Å²) in [7, 11) is 0. The topological polar surface area (TPSA) is 38.3 Å². The van der Waals surface area contributed by atoms with Crippen LogP contribution in [0.1, 0.15) is 13.3 Å². The molecule has 0 heterocycles. The summed E-state index contributed by atoms with van der Waals surface area (Å²) in [5.41, 5.74) is 0.413. The van der Waals surface area contributed by atoms with E-state index in [9.17, 15) is 9.18 Å². The molecule has 1 rings (SSSR count). The molecular formula is C11H13FINO2. The van der Waals surface area contributed by atoms with Gasteiger partial charge < -0.3 is 10.1 Å². The summed E-state index contributed by atoms with van der Waals surface area (Å²) in [5.74, 6) is -0.562. The predicted octanol–water partition coefficient (Wildman–Crippen LogP) is 2.80. The van der Waals surface area contributed by atoms with Gasteiger partial charge in [-0.2, -0.15) is 0 Å². The van der Waals surface area contributed by atoms with E-state index < -0.39 is 0 Å². The minimum absolute atomic E-state index is 0.235. The molecule has 0 aliphatic heterocycles. The molecule has 0 radical (unpaired) electrons. The summed E-state index contributed by atoms with van der Waals surface area (Å²) in [5, 5.41) is 2.86. The first-order valence-corrected chi connectivity index (χ1v) is 6.06. The molecule has 88 valence electrons. The average Bonchev–Trinajstić information content (AvgIpc) is 2.25. The van der Waals surface area contributed by atoms with Crippen LogP contribution in [0.15, 0.2) is 18.2 Å². The van der Waals surface area contributed by atoms with Crippen molar-refractivity contribution in [2.24, 2.45) is 0 Å². The van der Waals surface area contributed by atoms with Gasteiger partial charge in [-0.15, -0.1) is 0 Å². The van der Waals surface area contributed by atoms with E-state index in [1.54, 1.807) is 25.1 Å². The molecule has 1 N–H and O–H groups in total. The van der Waals surface area contributed by atoms with Crippen molar-refractivity contribution in [1.82, 2.24) is 0 Å². The Hall–Kier alpha value is -0.850. The molecule has 3 nitrogen and oxygen atoms in total. The molecule has 0 fully saturated rings. The van der Waals surface area contributed by atoms with Gasteiger partial charge in [0.05, 0.1) is 22.3 Å². The monoisotopic (exact) mass is 337 g/mol. The van der Waals surface area contributed by atoms with Crippen molar-refractivity contribution in [2.75, 3.05) is 18.5 Å². The van der Waals surface area contributed by atoms with E-state index in [0.717, 1.165) is 0 Å². The van der Waals surface area contributed by atoms with Gasteiger partial charge in [0.1, 0.15) is 0 Å². The van der Waals surface area contributed by atoms with Crippen molar-refractivity contribution in [3.63, 3.8) is 0 Å². The van der Waals surface area contributed by atoms with Gasteiger partial charge in [0, 0.05) is 6.54 Å². The van der Waals surface area contributed by atoms with Crippen molar-refractivity contribution >= 4 is 34.2 Å². The average molecular weight is 337 g/mol. The van der Waals surface area contributed by atoms with Gasteiger partial charge in [-0.3, -0.25) is 4.79 Å². The molecule has 1 aromatic rings. The van der Waals surface area contributed by atoms with Crippen LogP contribution in [0.25, 0.3) is 0 Å². The fraction of sp³-hybridized carbons (Fsp3) is 0.364. The number of ether oxygens (including phenoxy) is 1. The number of carbonyl (C=O) groups excluding carboxylic acids is 1. The summed E-state index contributed by atoms with van der Waals surface area (Å²) >= 11 is 1.92. The third-order valence-corrected chi connectivity index (χ3v) is 2.73. The van der Waals surface area contributed by atoms with Crippen molar-refractivity contribution in [1.29, 1.82) is 0 Å². The highest BCUT2D eigenvalue weighted by molar-refractivity contribution is 14.1. The van der Waals surface area contributed by atoms with Crippen LogP contribution in [0.3, 0.4) is 0 Å². The van der Waals surface area contributed by atoms with Gasteiger partial charge in [-0.05, 0) is 41.6 Å². The Kier molecular flexibility index (Phi) is 5.51. The smallest absolute Gasteiger partial charge is 0.307 e. The number of benzene rings is 1. The first kappa shape index (κ1) is 13.2. The van der Waals surface area contributed by atoms with Crippen molar-refractivity contribution < 1.29 is 13.9 Å². The summed E-state index contributed by atoms with van der Waals surface area (Å²) < 4.78 is 18.8. The van der Waals surface area contributed by atoms with Gasteiger partial charge in [0.25, 0.3) is 0 Å². The number of hydrogen-bond donors (Lipinski definition) is 1.